The zero-order valence-electron chi connectivity index (χ0n) is 14.2. The lowest BCUT2D eigenvalue weighted by Gasteiger charge is -2.26. The van der Waals surface area contributed by atoms with E-state index >= 15 is 0 Å². The lowest BCUT2D eigenvalue weighted by molar-refractivity contribution is -0.206. The maximum atomic E-state index is 14.6. The topological polar surface area (TPSA) is 139 Å². The summed E-state index contributed by atoms with van der Waals surface area (Å²) in [6.07, 6.45) is 3.23. The van der Waals surface area contributed by atoms with Gasteiger partial charge in [-0.2, -0.15) is 0 Å². The lowest BCUT2D eigenvalue weighted by atomic mass is 9.94. The molecule has 144 valence electrons. The van der Waals surface area contributed by atoms with E-state index in [4.69, 9.17) is 15.9 Å². The van der Waals surface area contributed by atoms with Gasteiger partial charge in [0.1, 0.15) is 24.4 Å². The highest BCUT2D eigenvalue weighted by Crippen LogP contribution is 2.46. The van der Waals surface area contributed by atoms with E-state index in [1.807, 2.05) is 5.92 Å². The zero-order valence-corrected chi connectivity index (χ0v) is 14.2. The molecule has 1 aliphatic rings. The van der Waals surface area contributed by atoms with E-state index in [9.17, 15) is 24.5 Å². The average molecular weight is 380 g/mol. The van der Waals surface area contributed by atoms with E-state index in [0.717, 1.165) is 6.33 Å². The Labute approximate surface area is 152 Å². The number of anilines is 1. The molecular weight excluding hydrogens is 363 g/mol. The van der Waals surface area contributed by atoms with Gasteiger partial charge in [-0.1, -0.05) is 5.92 Å². The van der Waals surface area contributed by atoms with Gasteiger partial charge >= 0.3 is 6.09 Å². The average Bonchev–Trinajstić information content (AvgIpc) is 3.17. The van der Waals surface area contributed by atoms with Crippen molar-refractivity contribution in [3.8, 4) is 12.3 Å². The number of nitrogens with zero attached hydrogens (tertiary/aromatic N) is 3. The fourth-order valence-corrected chi connectivity index (χ4v) is 2.87. The summed E-state index contributed by atoms with van der Waals surface area (Å²) >= 11 is 0. The number of terminal acetylenes is 1. The predicted octanol–water partition coefficient (Wildman–Crippen LogP) is -0.0882. The molecule has 3 rings (SSSR count). The van der Waals surface area contributed by atoms with Crippen LogP contribution in [0.1, 0.15) is 13.2 Å². The van der Waals surface area contributed by atoms with Crippen molar-refractivity contribution in [3.63, 3.8) is 0 Å². The van der Waals surface area contributed by atoms with Crippen molar-refractivity contribution in [2.24, 2.45) is 0 Å². The summed E-state index contributed by atoms with van der Waals surface area (Å²) in [4.78, 5) is 19.6. The summed E-state index contributed by atoms with van der Waals surface area (Å²) in [6, 6.07) is 1.47. The first-order chi connectivity index (χ1) is 12.8. The Balaban J connectivity index is 2.05. The van der Waals surface area contributed by atoms with Crippen LogP contribution < -0.4 is 5.32 Å². The molecule has 2 aromatic rings. The number of carbonyl (C=O) groups excluding carboxylic acids is 1. The molecule has 0 aromatic carbocycles. The van der Waals surface area contributed by atoms with Gasteiger partial charge in [0.2, 0.25) is 5.60 Å². The van der Waals surface area contributed by atoms with E-state index in [1.54, 1.807) is 6.92 Å². The number of carbonyl (C=O) groups is 1. The minimum Gasteiger partial charge on any atom is -0.450 e. The first-order valence-electron chi connectivity index (χ1n) is 7.91. The molecule has 1 saturated heterocycles. The lowest BCUT2D eigenvalue weighted by Crippen LogP contribution is -2.49. The van der Waals surface area contributed by atoms with E-state index < -0.39 is 36.5 Å². The van der Waals surface area contributed by atoms with Crippen molar-refractivity contribution in [1.82, 2.24) is 14.5 Å². The minimum absolute atomic E-state index is 0.105. The quantitative estimate of drug-likeness (QED) is 0.540. The Kier molecular flexibility index (Phi) is 4.75. The highest BCUT2D eigenvalue weighted by atomic mass is 19.2. The number of aliphatic hydroxyl groups is 3. The molecule has 1 amide bonds. The Morgan fingerprint density at radius 1 is 1.59 bits per heavy atom. The highest BCUT2D eigenvalue weighted by molar-refractivity contribution is 5.95. The van der Waals surface area contributed by atoms with Crippen LogP contribution in [0.5, 0.6) is 0 Å². The molecule has 4 atom stereocenters. The van der Waals surface area contributed by atoms with Gasteiger partial charge in [-0.15, -0.1) is 6.42 Å². The van der Waals surface area contributed by atoms with E-state index in [0.29, 0.717) is 5.39 Å². The SMILES string of the molecule is C#C[C@]1(O)[C@H](n2ccc3c(NC(=O)OCC)ncnc32)O[C@](F)(CO)[C@H]1O. The highest BCUT2D eigenvalue weighted by Gasteiger charge is 2.64. The number of amides is 1. The molecule has 10 nitrogen and oxygen atoms in total. The van der Waals surface area contributed by atoms with Gasteiger partial charge in [0.05, 0.1) is 12.0 Å². The maximum absolute atomic E-state index is 14.6. The van der Waals surface area contributed by atoms with Crippen LogP contribution in [-0.2, 0) is 9.47 Å². The zero-order chi connectivity index (χ0) is 19.8. The Hall–Kier alpha value is -2.78. The Morgan fingerprint density at radius 3 is 2.96 bits per heavy atom. The number of aromatic nitrogens is 3. The molecule has 3 heterocycles. The number of halogens is 1. The van der Waals surface area contributed by atoms with Crippen LogP contribution in [0, 0.1) is 12.3 Å². The molecular formula is C16H17FN4O6. The third-order valence-electron chi connectivity index (χ3n) is 4.21. The number of ether oxygens (including phenoxy) is 2. The molecule has 0 bridgehead atoms. The Bertz CT molecular complexity index is 914. The second-order valence-corrected chi connectivity index (χ2v) is 5.81. The predicted molar refractivity (Wildman–Crippen MR) is 89.0 cm³/mol. The largest absolute Gasteiger partial charge is 0.450 e. The molecule has 0 aliphatic carbocycles. The van der Waals surface area contributed by atoms with E-state index in [-0.39, 0.29) is 18.1 Å². The standard InChI is InChI=1S/C16H17FN4O6/c1-3-15(25)12(23)16(17,7-22)27-13(15)21-6-5-9-10(18-8-19-11(9)21)20-14(24)26-4-2/h1,5-6,8,12-13,22-23,25H,4,7H2,2H3,(H,18,19,20,24)/t12-,13+,15+,16+/m0/s1. The summed E-state index contributed by atoms with van der Waals surface area (Å²) in [5, 5.41) is 32.6. The summed E-state index contributed by atoms with van der Waals surface area (Å²) in [5.41, 5.74) is -2.35. The van der Waals surface area contributed by atoms with Crippen molar-refractivity contribution in [1.29, 1.82) is 0 Å². The summed E-state index contributed by atoms with van der Waals surface area (Å²) < 4.78 is 25.6. The molecule has 2 aromatic heterocycles. The molecule has 0 spiro atoms. The van der Waals surface area contributed by atoms with Gasteiger partial charge in [-0.25, -0.2) is 19.2 Å². The van der Waals surface area contributed by atoms with Crippen molar-refractivity contribution >= 4 is 22.9 Å². The number of hydrogen-bond donors (Lipinski definition) is 4. The molecule has 0 unspecified atom stereocenters. The molecule has 27 heavy (non-hydrogen) atoms. The van der Waals surface area contributed by atoms with E-state index in [2.05, 4.69) is 15.3 Å². The number of alkyl halides is 1. The van der Waals surface area contributed by atoms with Crippen LogP contribution in [0.3, 0.4) is 0 Å². The number of aliphatic hydroxyl groups excluding tert-OH is 2. The number of nitrogens with one attached hydrogen (secondary N) is 1. The van der Waals surface area contributed by atoms with Gasteiger partial charge in [0.15, 0.2) is 12.3 Å². The third-order valence-corrected chi connectivity index (χ3v) is 4.21. The summed E-state index contributed by atoms with van der Waals surface area (Å²) in [7, 11) is 0. The third kappa shape index (κ3) is 2.88. The van der Waals surface area contributed by atoms with Crippen LogP contribution in [-0.4, -0.2) is 66.7 Å². The molecule has 1 fully saturated rings. The second-order valence-electron chi connectivity index (χ2n) is 5.81. The summed E-state index contributed by atoms with van der Waals surface area (Å²) in [5.74, 6) is -0.944. The second kappa shape index (κ2) is 6.75. The van der Waals surface area contributed by atoms with Gasteiger partial charge in [-0.05, 0) is 13.0 Å². The normalized spacial score (nSPS) is 30.2. The number of rotatable bonds is 4. The first-order valence-corrected chi connectivity index (χ1v) is 7.91. The van der Waals surface area contributed by atoms with Gasteiger partial charge in [-0.3, -0.25) is 5.32 Å². The number of hydrogen-bond acceptors (Lipinski definition) is 8. The molecule has 1 aliphatic heterocycles. The molecule has 11 heteroatoms. The van der Waals surface area contributed by atoms with Crippen molar-refractivity contribution in [2.75, 3.05) is 18.5 Å². The van der Waals surface area contributed by atoms with Gasteiger partial charge < -0.3 is 29.4 Å². The van der Waals surface area contributed by atoms with Crippen molar-refractivity contribution < 1.29 is 34.0 Å². The molecule has 4 N–H and O–H groups in total. The monoisotopic (exact) mass is 380 g/mol. The summed E-state index contributed by atoms with van der Waals surface area (Å²) in [6.45, 7) is 0.571. The fourth-order valence-electron chi connectivity index (χ4n) is 2.87. The maximum Gasteiger partial charge on any atom is 0.412 e. The van der Waals surface area contributed by atoms with Crippen LogP contribution >= 0.6 is 0 Å². The van der Waals surface area contributed by atoms with Crippen LogP contribution in [0.4, 0.5) is 15.0 Å². The van der Waals surface area contributed by atoms with Gasteiger partial charge in [0, 0.05) is 6.20 Å². The first kappa shape index (κ1) is 19.0. The molecule has 0 radical (unpaired) electrons. The van der Waals surface area contributed by atoms with Crippen LogP contribution in [0.2, 0.25) is 0 Å². The van der Waals surface area contributed by atoms with Crippen molar-refractivity contribution in [3.05, 3.63) is 18.6 Å². The smallest absolute Gasteiger partial charge is 0.412 e. The van der Waals surface area contributed by atoms with Crippen LogP contribution in [0.15, 0.2) is 18.6 Å². The van der Waals surface area contributed by atoms with E-state index in [1.165, 1.54) is 16.8 Å². The van der Waals surface area contributed by atoms with Crippen LogP contribution in [0.25, 0.3) is 11.0 Å². The Morgan fingerprint density at radius 2 is 2.33 bits per heavy atom. The van der Waals surface area contributed by atoms with Crippen molar-refractivity contribution in [2.45, 2.75) is 30.7 Å². The number of fused-ring (bicyclic) bond motifs is 1. The molecule has 0 saturated carbocycles. The fraction of sp³-hybridized carbons (Fsp3) is 0.438. The van der Waals surface area contributed by atoms with Gasteiger partial charge in [0.25, 0.3) is 5.85 Å². The minimum atomic E-state index is -2.97.